The number of hydrogen-bond donors (Lipinski definition) is 0. The zero-order valence-corrected chi connectivity index (χ0v) is 14.6. The van der Waals surface area contributed by atoms with E-state index in [4.69, 9.17) is 4.74 Å². The molecule has 1 atom stereocenters. The van der Waals surface area contributed by atoms with Gasteiger partial charge in [-0.2, -0.15) is 0 Å². The highest BCUT2D eigenvalue weighted by atomic mass is 16.5. The van der Waals surface area contributed by atoms with Crippen molar-refractivity contribution < 1.29 is 4.74 Å². The lowest BCUT2D eigenvalue weighted by molar-refractivity contribution is -0.0817. The fourth-order valence-electron chi connectivity index (χ4n) is 2.38. The second-order valence-corrected chi connectivity index (χ2v) is 7.09. The molecule has 0 saturated heterocycles. The van der Waals surface area contributed by atoms with Crippen LogP contribution in [-0.2, 0) is 11.2 Å². The van der Waals surface area contributed by atoms with Crippen molar-refractivity contribution >= 4 is 6.08 Å². The van der Waals surface area contributed by atoms with Crippen LogP contribution in [0.5, 0.6) is 0 Å². The third-order valence-electron chi connectivity index (χ3n) is 3.54. The molecule has 0 aliphatic carbocycles. The van der Waals surface area contributed by atoms with Crippen LogP contribution >= 0.6 is 0 Å². The molecule has 0 saturated carbocycles. The summed E-state index contributed by atoms with van der Waals surface area (Å²) in [6.45, 7) is 13.1. The summed E-state index contributed by atoms with van der Waals surface area (Å²) in [7, 11) is 0. The van der Waals surface area contributed by atoms with Gasteiger partial charge >= 0.3 is 0 Å². The molecule has 0 N–H and O–H groups in total. The van der Waals surface area contributed by atoms with Gasteiger partial charge in [0.05, 0.1) is 11.7 Å². The van der Waals surface area contributed by atoms with Crippen molar-refractivity contribution in [3.63, 3.8) is 0 Å². The normalized spacial score (nSPS) is 14.0. The topological polar surface area (TPSA) is 9.23 Å². The summed E-state index contributed by atoms with van der Waals surface area (Å²) >= 11 is 0. The molecule has 1 rings (SSSR count). The predicted octanol–water partition coefficient (Wildman–Crippen LogP) is 5.88. The Labute approximate surface area is 131 Å². The number of benzene rings is 1. The SMILES string of the molecule is CCc1cccc(/C=C/CCC(OC(C)(C)C)C(C)C)c1. The van der Waals surface area contributed by atoms with E-state index in [1.54, 1.807) is 0 Å². The van der Waals surface area contributed by atoms with Crippen molar-refractivity contribution in [2.24, 2.45) is 5.92 Å². The summed E-state index contributed by atoms with van der Waals surface area (Å²) < 4.78 is 6.15. The molecular formula is C20H32O. The minimum absolute atomic E-state index is 0.0614. The molecule has 1 unspecified atom stereocenters. The van der Waals surface area contributed by atoms with Crippen molar-refractivity contribution in [3.8, 4) is 0 Å². The Hall–Kier alpha value is -1.08. The van der Waals surface area contributed by atoms with Gasteiger partial charge < -0.3 is 4.74 Å². The molecule has 0 heterocycles. The summed E-state index contributed by atoms with van der Waals surface area (Å²) in [5.74, 6) is 0.557. The summed E-state index contributed by atoms with van der Waals surface area (Å²) in [6.07, 6.45) is 8.07. The Bertz CT molecular complexity index is 437. The number of ether oxygens (including phenoxy) is 1. The molecule has 21 heavy (non-hydrogen) atoms. The quantitative estimate of drug-likeness (QED) is 0.608. The fourth-order valence-corrected chi connectivity index (χ4v) is 2.38. The van der Waals surface area contributed by atoms with Gasteiger partial charge in [0.15, 0.2) is 0 Å². The molecule has 0 aromatic heterocycles. The maximum atomic E-state index is 6.15. The van der Waals surface area contributed by atoms with Gasteiger partial charge in [-0.25, -0.2) is 0 Å². The molecule has 1 aromatic rings. The van der Waals surface area contributed by atoms with E-state index in [9.17, 15) is 0 Å². The van der Waals surface area contributed by atoms with Crippen LogP contribution in [0.2, 0.25) is 0 Å². The van der Waals surface area contributed by atoms with E-state index >= 15 is 0 Å². The molecule has 1 aromatic carbocycles. The van der Waals surface area contributed by atoms with Crippen molar-refractivity contribution in [1.29, 1.82) is 0 Å². The Morgan fingerprint density at radius 3 is 2.48 bits per heavy atom. The number of allylic oxidation sites excluding steroid dienone is 1. The second kappa shape index (κ2) is 8.38. The molecule has 1 nitrogen and oxygen atoms in total. The van der Waals surface area contributed by atoms with E-state index in [1.807, 2.05) is 0 Å². The number of hydrogen-bond acceptors (Lipinski definition) is 1. The first-order valence-electron chi connectivity index (χ1n) is 8.25. The summed E-state index contributed by atoms with van der Waals surface area (Å²) in [5, 5.41) is 0. The highest BCUT2D eigenvalue weighted by molar-refractivity contribution is 5.50. The van der Waals surface area contributed by atoms with Crippen LogP contribution in [0.1, 0.15) is 65.5 Å². The number of aryl methyl sites for hydroxylation is 1. The average Bonchev–Trinajstić information content (AvgIpc) is 2.41. The zero-order valence-electron chi connectivity index (χ0n) is 14.6. The van der Waals surface area contributed by atoms with Gasteiger partial charge in [0.1, 0.15) is 0 Å². The van der Waals surface area contributed by atoms with Crippen molar-refractivity contribution in [1.82, 2.24) is 0 Å². The van der Waals surface area contributed by atoms with Crippen LogP contribution in [0.25, 0.3) is 6.08 Å². The summed E-state index contributed by atoms with van der Waals surface area (Å²) in [4.78, 5) is 0. The average molecular weight is 288 g/mol. The maximum absolute atomic E-state index is 6.15. The minimum Gasteiger partial charge on any atom is -0.372 e. The monoisotopic (exact) mass is 288 g/mol. The van der Waals surface area contributed by atoms with Gasteiger partial charge in [0.25, 0.3) is 0 Å². The van der Waals surface area contributed by atoms with Gasteiger partial charge in [0, 0.05) is 0 Å². The largest absolute Gasteiger partial charge is 0.372 e. The molecular weight excluding hydrogens is 256 g/mol. The third-order valence-corrected chi connectivity index (χ3v) is 3.54. The van der Waals surface area contributed by atoms with Gasteiger partial charge in [-0.1, -0.05) is 57.2 Å². The Morgan fingerprint density at radius 2 is 1.90 bits per heavy atom. The highest BCUT2D eigenvalue weighted by Crippen LogP contribution is 2.21. The molecule has 0 amide bonds. The van der Waals surface area contributed by atoms with Gasteiger partial charge in [-0.3, -0.25) is 0 Å². The highest BCUT2D eigenvalue weighted by Gasteiger charge is 2.20. The molecule has 0 radical (unpaired) electrons. The van der Waals surface area contributed by atoms with Gasteiger partial charge in [-0.15, -0.1) is 0 Å². The van der Waals surface area contributed by atoms with E-state index in [0.29, 0.717) is 12.0 Å². The molecule has 0 bridgehead atoms. The molecule has 0 spiro atoms. The lowest BCUT2D eigenvalue weighted by atomic mass is 10.00. The first-order chi connectivity index (χ1) is 9.81. The van der Waals surface area contributed by atoms with Crippen molar-refractivity contribution in [3.05, 3.63) is 41.5 Å². The molecule has 0 fully saturated rings. The van der Waals surface area contributed by atoms with Crippen molar-refractivity contribution in [2.45, 2.75) is 72.5 Å². The standard InChI is InChI=1S/C20H32O/c1-7-17-12-10-13-18(15-17)11-8-9-14-19(16(2)3)21-20(4,5)6/h8,10-13,15-16,19H,7,9,14H2,1-6H3/b11-8+. The van der Waals surface area contributed by atoms with E-state index in [1.165, 1.54) is 11.1 Å². The molecule has 0 aliphatic rings. The van der Waals surface area contributed by atoms with Crippen molar-refractivity contribution in [2.75, 3.05) is 0 Å². The predicted molar refractivity (Wildman–Crippen MR) is 93.6 cm³/mol. The zero-order chi connectivity index (χ0) is 15.9. The van der Waals surface area contributed by atoms with Crippen LogP contribution in [0.3, 0.4) is 0 Å². The molecule has 118 valence electrons. The summed E-state index contributed by atoms with van der Waals surface area (Å²) in [5.41, 5.74) is 2.63. The van der Waals surface area contributed by atoms with Crippen LogP contribution in [0.4, 0.5) is 0 Å². The molecule has 1 heteroatoms. The smallest absolute Gasteiger partial charge is 0.0608 e. The third kappa shape index (κ3) is 7.47. The lowest BCUT2D eigenvalue weighted by Gasteiger charge is -2.30. The molecule has 0 aliphatic heterocycles. The fraction of sp³-hybridized carbons (Fsp3) is 0.600. The van der Waals surface area contributed by atoms with Crippen LogP contribution < -0.4 is 0 Å². The van der Waals surface area contributed by atoms with E-state index in [2.05, 4.69) is 78.0 Å². The van der Waals surface area contributed by atoms with Crippen LogP contribution in [0, 0.1) is 5.92 Å². The first-order valence-corrected chi connectivity index (χ1v) is 8.25. The Morgan fingerprint density at radius 1 is 1.19 bits per heavy atom. The summed E-state index contributed by atoms with van der Waals surface area (Å²) in [6, 6.07) is 8.75. The maximum Gasteiger partial charge on any atom is 0.0608 e. The first kappa shape index (κ1) is 18.0. The van der Waals surface area contributed by atoms with Gasteiger partial charge in [-0.05, 0) is 57.1 Å². The van der Waals surface area contributed by atoms with Gasteiger partial charge in [0.2, 0.25) is 0 Å². The van der Waals surface area contributed by atoms with E-state index in [-0.39, 0.29) is 5.60 Å². The van der Waals surface area contributed by atoms with E-state index < -0.39 is 0 Å². The van der Waals surface area contributed by atoms with Crippen LogP contribution in [-0.4, -0.2) is 11.7 Å². The van der Waals surface area contributed by atoms with Crippen LogP contribution in [0.15, 0.2) is 30.3 Å². The second-order valence-electron chi connectivity index (χ2n) is 7.09. The lowest BCUT2D eigenvalue weighted by Crippen LogP contribution is -2.30. The number of rotatable bonds is 7. The Kier molecular flexibility index (Phi) is 7.17. The minimum atomic E-state index is -0.0614. The Balaban J connectivity index is 2.51. The van der Waals surface area contributed by atoms with E-state index in [0.717, 1.165) is 19.3 Å².